The highest BCUT2D eigenvalue weighted by molar-refractivity contribution is 7.89. The topological polar surface area (TPSA) is 77.2 Å². The van der Waals surface area contributed by atoms with E-state index in [4.69, 9.17) is 5.14 Å². The van der Waals surface area contributed by atoms with E-state index in [1.807, 2.05) is 0 Å². The summed E-state index contributed by atoms with van der Waals surface area (Å²) in [5, 5.41) is 4.76. The minimum Gasteiger partial charge on any atom is -0.298 e. The van der Waals surface area contributed by atoms with Crippen LogP contribution in [0.25, 0.3) is 0 Å². The van der Waals surface area contributed by atoms with Gasteiger partial charge in [-0.1, -0.05) is 0 Å². The molecule has 0 aliphatic rings. The van der Waals surface area contributed by atoms with Crippen LogP contribution in [0.1, 0.15) is 10.4 Å². The number of benzene rings is 1. The molecule has 0 radical (unpaired) electrons. The summed E-state index contributed by atoms with van der Waals surface area (Å²) in [5.74, 6) is -0.776. The van der Waals surface area contributed by atoms with Crippen molar-refractivity contribution >= 4 is 16.3 Å². The maximum Gasteiger partial charge on any atom is 0.238 e. The number of carbonyl (C=O) groups excluding carboxylic acids is 1. The van der Waals surface area contributed by atoms with Crippen LogP contribution < -0.4 is 5.14 Å². The summed E-state index contributed by atoms with van der Waals surface area (Å²) in [4.78, 5) is 9.95. The lowest BCUT2D eigenvalue weighted by atomic mass is 10.2. The molecule has 0 aliphatic carbocycles. The number of rotatable bonds is 2. The Labute approximate surface area is 74.2 Å². The van der Waals surface area contributed by atoms with Gasteiger partial charge in [-0.15, -0.1) is 0 Å². The van der Waals surface area contributed by atoms with Crippen molar-refractivity contribution in [2.45, 2.75) is 4.90 Å². The molecule has 0 amide bonds. The third kappa shape index (κ3) is 2.10. The number of primary sulfonamides is 1. The summed E-state index contributed by atoms with van der Waals surface area (Å²) < 4.78 is 34.2. The Kier molecular flexibility index (Phi) is 2.44. The minimum atomic E-state index is -3.88. The first-order valence-corrected chi connectivity index (χ1v) is 4.77. The number of halogens is 1. The zero-order chi connectivity index (χ0) is 10.1. The van der Waals surface area contributed by atoms with E-state index in [-0.39, 0.29) is 16.7 Å². The standard InChI is InChI=1S/C7H6FNO3S/c8-7-2-1-6(13(9,11)12)3-5(7)4-10/h1-4H,(H2,9,11,12). The van der Waals surface area contributed by atoms with E-state index in [2.05, 4.69) is 0 Å². The van der Waals surface area contributed by atoms with E-state index in [9.17, 15) is 17.6 Å². The first-order chi connectivity index (χ1) is 5.95. The van der Waals surface area contributed by atoms with Gasteiger partial charge in [-0.2, -0.15) is 0 Å². The van der Waals surface area contributed by atoms with Crippen LogP contribution in [0.3, 0.4) is 0 Å². The van der Waals surface area contributed by atoms with Crippen LogP contribution in [-0.4, -0.2) is 14.7 Å². The van der Waals surface area contributed by atoms with Gasteiger partial charge in [-0.25, -0.2) is 17.9 Å². The lowest BCUT2D eigenvalue weighted by Crippen LogP contribution is -2.12. The fourth-order valence-corrected chi connectivity index (χ4v) is 1.34. The van der Waals surface area contributed by atoms with Gasteiger partial charge in [0.1, 0.15) is 5.82 Å². The van der Waals surface area contributed by atoms with Crippen LogP contribution >= 0.6 is 0 Å². The van der Waals surface area contributed by atoms with Gasteiger partial charge in [-0.3, -0.25) is 4.79 Å². The Balaban J connectivity index is 3.38. The highest BCUT2D eigenvalue weighted by atomic mass is 32.2. The van der Waals surface area contributed by atoms with E-state index >= 15 is 0 Å². The average Bonchev–Trinajstić information content (AvgIpc) is 2.03. The molecule has 0 bridgehead atoms. The largest absolute Gasteiger partial charge is 0.298 e. The first kappa shape index (κ1) is 9.82. The van der Waals surface area contributed by atoms with E-state index in [1.165, 1.54) is 0 Å². The normalized spacial score (nSPS) is 11.2. The third-order valence-electron chi connectivity index (χ3n) is 1.42. The Morgan fingerprint density at radius 1 is 1.38 bits per heavy atom. The average molecular weight is 203 g/mol. The summed E-state index contributed by atoms with van der Waals surface area (Å²) in [7, 11) is -3.88. The maximum absolute atomic E-state index is 12.7. The van der Waals surface area contributed by atoms with Crippen LogP contribution in [0.15, 0.2) is 23.1 Å². The second kappa shape index (κ2) is 3.23. The maximum atomic E-state index is 12.7. The predicted octanol–water partition coefficient (Wildman–Crippen LogP) is 0.286. The van der Waals surface area contributed by atoms with Crippen molar-refractivity contribution in [2.24, 2.45) is 5.14 Å². The molecule has 0 unspecified atom stereocenters. The molecule has 0 saturated heterocycles. The quantitative estimate of drug-likeness (QED) is 0.701. The van der Waals surface area contributed by atoms with Crippen LogP contribution in [0.2, 0.25) is 0 Å². The molecule has 1 aromatic rings. The SMILES string of the molecule is NS(=O)(=O)c1ccc(F)c(C=O)c1. The van der Waals surface area contributed by atoms with E-state index < -0.39 is 15.8 Å². The number of carbonyl (C=O) groups is 1. The van der Waals surface area contributed by atoms with Gasteiger partial charge in [0.05, 0.1) is 10.5 Å². The fourth-order valence-electron chi connectivity index (χ4n) is 0.789. The first-order valence-electron chi connectivity index (χ1n) is 3.22. The lowest BCUT2D eigenvalue weighted by molar-refractivity contribution is 0.111. The van der Waals surface area contributed by atoms with Crippen molar-refractivity contribution in [1.29, 1.82) is 0 Å². The Hall–Kier alpha value is -1.27. The van der Waals surface area contributed by atoms with Crippen LogP contribution in [0, 0.1) is 5.82 Å². The zero-order valence-corrected chi connectivity index (χ0v) is 7.21. The van der Waals surface area contributed by atoms with E-state index in [0.717, 1.165) is 18.2 Å². The van der Waals surface area contributed by atoms with Gasteiger partial charge in [0.2, 0.25) is 10.0 Å². The summed E-state index contributed by atoms with van der Waals surface area (Å²) in [6, 6.07) is 2.76. The molecule has 0 heterocycles. The molecule has 0 saturated carbocycles. The fraction of sp³-hybridized carbons (Fsp3) is 0. The molecule has 6 heteroatoms. The van der Waals surface area contributed by atoms with Gasteiger partial charge in [0, 0.05) is 0 Å². The zero-order valence-electron chi connectivity index (χ0n) is 6.40. The summed E-state index contributed by atoms with van der Waals surface area (Å²) >= 11 is 0. The van der Waals surface area contributed by atoms with Crippen molar-refractivity contribution in [2.75, 3.05) is 0 Å². The van der Waals surface area contributed by atoms with Gasteiger partial charge in [0.25, 0.3) is 0 Å². The molecular weight excluding hydrogens is 197 g/mol. The molecule has 0 aliphatic heterocycles. The summed E-state index contributed by atoms with van der Waals surface area (Å²) in [6.07, 6.45) is 0.226. The van der Waals surface area contributed by atoms with Crippen LogP contribution in [0.4, 0.5) is 4.39 Å². The predicted molar refractivity (Wildman–Crippen MR) is 43.2 cm³/mol. The van der Waals surface area contributed by atoms with Crippen molar-refractivity contribution in [1.82, 2.24) is 0 Å². The minimum absolute atomic E-state index is 0.226. The molecule has 70 valence electrons. The number of sulfonamides is 1. The number of hydrogen-bond donors (Lipinski definition) is 1. The molecular formula is C7H6FNO3S. The van der Waals surface area contributed by atoms with Crippen molar-refractivity contribution in [3.05, 3.63) is 29.6 Å². The molecule has 1 rings (SSSR count). The molecule has 13 heavy (non-hydrogen) atoms. The molecule has 0 spiro atoms. The summed E-state index contributed by atoms with van der Waals surface area (Å²) in [6.45, 7) is 0. The van der Waals surface area contributed by atoms with E-state index in [1.54, 1.807) is 0 Å². The molecule has 0 aromatic heterocycles. The van der Waals surface area contributed by atoms with Crippen LogP contribution in [-0.2, 0) is 10.0 Å². The highest BCUT2D eigenvalue weighted by Crippen LogP contribution is 2.11. The molecule has 0 fully saturated rings. The van der Waals surface area contributed by atoms with Crippen molar-refractivity contribution < 1.29 is 17.6 Å². The number of nitrogens with two attached hydrogens (primary N) is 1. The molecule has 2 N–H and O–H groups in total. The van der Waals surface area contributed by atoms with Gasteiger partial charge >= 0.3 is 0 Å². The van der Waals surface area contributed by atoms with Crippen LogP contribution in [0.5, 0.6) is 0 Å². The lowest BCUT2D eigenvalue weighted by Gasteiger charge is -1.99. The van der Waals surface area contributed by atoms with Gasteiger partial charge in [0.15, 0.2) is 6.29 Å². The highest BCUT2D eigenvalue weighted by Gasteiger charge is 2.10. The van der Waals surface area contributed by atoms with Crippen molar-refractivity contribution in [3.63, 3.8) is 0 Å². The third-order valence-corrected chi connectivity index (χ3v) is 2.33. The second-order valence-electron chi connectivity index (χ2n) is 2.35. The molecule has 4 nitrogen and oxygen atoms in total. The number of hydrogen-bond acceptors (Lipinski definition) is 3. The second-order valence-corrected chi connectivity index (χ2v) is 3.91. The monoisotopic (exact) mass is 203 g/mol. The Morgan fingerprint density at radius 3 is 2.46 bits per heavy atom. The molecule has 1 aromatic carbocycles. The smallest absolute Gasteiger partial charge is 0.238 e. The molecule has 0 atom stereocenters. The Bertz CT molecular complexity index is 441. The summed E-state index contributed by atoms with van der Waals surface area (Å²) in [5.41, 5.74) is -0.327. The number of aldehydes is 1. The van der Waals surface area contributed by atoms with Crippen molar-refractivity contribution in [3.8, 4) is 0 Å². The van der Waals surface area contributed by atoms with E-state index in [0.29, 0.717) is 0 Å². The van der Waals surface area contributed by atoms with Gasteiger partial charge < -0.3 is 0 Å². The Morgan fingerprint density at radius 2 is 2.00 bits per heavy atom. The van der Waals surface area contributed by atoms with Gasteiger partial charge in [-0.05, 0) is 18.2 Å².